The van der Waals surface area contributed by atoms with Gasteiger partial charge in [0, 0.05) is 18.9 Å². The summed E-state index contributed by atoms with van der Waals surface area (Å²) in [6.07, 6.45) is 0. The van der Waals surface area contributed by atoms with Crippen LogP contribution in [0.1, 0.15) is 13.8 Å². The summed E-state index contributed by atoms with van der Waals surface area (Å²) in [7, 11) is 0. The van der Waals surface area contributed by atoms with E-state index in [-0.39, 0.29) is 22.5 Å². The van der Waals surface area contributed by atoms with Crippen LogP contribution in [0.5, 0.6) is 0 Å². The zero-order valence-corrected chi connectivity index (χ0v) is 12.2. The number of aryl methyl sites for hydroxylation is 1. The van der Waals surface area contributed by atoms with Crippen molar-refractivity contribution in [1.29, 1.82) is 0 Å². The number of nitrogens with one attached hydrogen (secondary N) is 1. The Morgan fingerprint density at radius 2 is 1.95 bits per heavy atom. The van der Waals surface area contributed by atoms with Gasteiger partial charge in [-0.3, -0.25) is 9.59 Å². The van der Waals surface area contributed by atoms with Crippen LogP contribution < -0.4 is 16.5 Å². The van der Waals surface area contributed by atoms with Gasteiger partial charge in [0.15, 0.2) is 0 Å². The summed E-state index contributed by atoms with van der Waals surface area (Å²) in [5.41, 5.74) is 0.134. The summed E-state index contributed by atoms with van der Waals surface area (Å²) >= 11 is 0. The quantitative estimate of drug-likeness (QED) is 0.580. The van der Waals surface area contributed by atoms with Crippen molar-refractivity contribution in [3.8, 4) is 0 Å². The van der Waals surface area contributed by atoms with Gasteiger partial charge in [0.1, 0.15) is 11.3 Å². The van der Waals surface area contributed by atoms with Gasteiger partial charge >= 0.3 is 5.63 Å². The molecule has 0 fully saturated rings. The Hall–Kier alpha value is -2.89. The van der Waals surface area contributed by atoms with Crippen molar-refractivity contribution in [3.63, 3.8) is 0 Å². The Balaban J connectivity index is 2.55. The van der Waals surface area contributed by atoms with E-state index in [1.807, 2.05) is 13.0 Å². The molecule has 3 aromatic rings. The van der Waals surface area contributed by atoms with Crippen LogP contribution in [0, 0.1) is 0 Å². The molecule has 22 heavy (non-hydrogen) atoms. The highest BCUT2D eigenvalue weighted by atomic mass is 16.4. The van der Waals surface area contributed by atoms with Crippen LogP contribution >= 0.6 is 0 Å². The molecule has 6 heteroatoms. The van der Waals surface area contributed by atoms with E-state index in [1.54, 1.807) is 18.2 Å². The number of carbonyl (C=O) groups is 1. The maximum atomic E-state index is 12.5. The third kappa shape index (κ3) is 2.09. The predicted molar refractivity (Wildman–Crippen MR) is 84.2 cm³/mol. The van der Waals surface area contributed by atoms with E-state index in [0.717, 1.165) is 0 Å². The van der Waals surface area contributed by atoms with E-state index in [1.165, 1.54) is 17.6 Å². The minimum absolute atomic E-state index is 0.0735. The number of carbonyl (C=O) groups excluding carboxylic acids is 1. The molecule has 0 radical (unpaired) electrons. The Morgan fingerprint density at radius 1 is 1.23 bits per heavy atom. The van der Waals surface area contributed by atoms with Crippen molar-refractivity contribution in [1.82, 2.24) is 4.57 Å². The first-order valence-electron chi connectivity index (χ1n) is 6.90. The number of hydrogen-bond acceptors (Lipinski definition) is 4. The van der Waals surface area contributed by atoms with E-state index >= 15 is 0 Å². The second-order valence-corrected chi connectivity index (χ2v) is 4.94. The van der Waals surface area contributed by atoms with Crippen molar-refractivity contribution in [2.24, 2.45) is 0 Å². The number of amides is 1. The van der Waals surface area contributed by atoms with Gasteiger partial charge in [0.05, 0.1) is 10.9 Å². The molecule has 0 aliphatic heterocycles. The molecule has 0 spiro atoms. The van der Waals surface area contributed by atoms with Crippen LogP contribution in [0.3, 0.4) is 0 Å². The molecule has 0 saturated heterocycles. The Labute approximate surface area is 125 Å². The number of anilines is 1. The number of fused-ring (bicyclic) bond motifs is 3. The maximum absolute atomic E-state index is 12.5. The lowest BCUT2D eigenvalue weighted by molar-refractivity contribution is -0.114. The number of pyridine rings is 1. The van der Waals surface area contributed by atoms with Crippen LogP contribution in [0.15, 0.2) is 44.3 Å². The molecule has 0 aliphatic rings. The van der Waals surface area contributed by atoms with E-state index < -0.39 is 5.63 Å². The van der Waals surface area contributed by atoms with Gasteiger partial charge in [-0.05, 0) is 25.1 Å². The molecule has 0 bridgehead atoms. The van der Waals surface area contributed by atoms with Crippen molar-refractivity contribution in [2.75, 3.05) is 5.32 Å². The fourth-order valence-corrected chi connectivity index (χ4v) is 2.60. The Bertz CT molecular complexity index is 1010. The molecular formula is C16H14N2O4. The zero-order valence-electron chi connectivity index (χ0n) is 12.2. The standard InChI is InChI=1S/C16H14N2O4/c1-3-18-14-10-6-4-5-7-13(10)22-16(21)11(14)8-12(15(18)20)17-9(2)19/h4-8H,3H2,1-2H3,(H,17,19). The third-order valence-corrected chi connectivity index (χ3v) is 3.48. The normalized spacial score (nSPS) is 11.0. The molecule has 1 N–H and O–H groups in total. The molecule has 0 unspecified atom stereocenters. The number of hydrogen-bond donors (Lipinski definition) is 1. The number of aromatic nitrogens is 1. The van der Waals surface area contributed by atoms with Crippen LogP contribution in [0.2, 0.25) is 0 Å². The van der Waals surface area contributed by atoms with E-state index in [4.69, 9.17) is 4.42 Å². The Morgan fingerprint density at radius 3 is 2.64 bits per heavy atom. The van der Waals surface area contributed by atoms with Gasteiger partial charge in [-0.25, -0.2) is 4.79 Å². The van der Waals surface area contributed by atoms with Crippen molar-refractivity contribution >= 4 is 33.5 Å². The molecule has 2 aromatic heterocycles. The molecule has 1 amide bonds. The van der Waals surface area contributed by atoms with E-state index in [9.17, 15) is 14.4 Å². The minimum Gasteiger partial charge on any atom is -0.422 e. The lowest BCUT2D eigenvalue weighted by Gasteiger charge is -2.12. The number of nitrogens with zero attached hydrogens (tertiary/aromatic N) is 1. The highest BCUT2D eigenvalue weighted by Gasteiger charge is 2.15. The summed E-state index contributed by atoms with van der Waals surface area (Å²) in [6.45, 7) is 3.49. The first kappa shape index (κ1) is 14.1. The van der Waals surface area contributed by atoms with E-state index in [0.29, 0.717) is 23.0 Å². The average molecular weight is 298 g/mol. The molecule has 1 aromatic carbocycles. The van der Waals surface area contributed by atoms with Crippen molar-refractivity contribution in [3.05, 3.63) is 51.1 Å². The lowest BCUT2D eigenvalue weighted by atomic mass is 10.1. The molecule has 0 saturated carbocycles. The van der Waals surface area contributed by atoms with Crippen molar-refractivity contribution < 1.29 is 9.21 Å². The SMILES string of the molecule is CCn1c(=O)c(NC(C)=O)cc2c(=O)oc3ccccc3c21. The molecular weight excluding hydrogens is 284 g/mol. The van der Waals surface area contributed by atoms with Gasteiger partial charge in [-0.15, -0.1) is 0 Å². The monoisotopic (exact) mass is 298 g/mol. The highest BCUT2D eigenvalue weighted by molar-refractivity contribution is 6.03. The Kier molecular flexibility index (Phi) is 3.29. The third-order valence-electron chi connectivity index (χ3n) is 3.48. The summed E-state index contributed by atoms with van der Waals surface area (Å²) in [4.78, 5) is 36.0. The average Bonchev–Trinajstić information content (AvgIpc) is 2.48. The van der Waals surface area contributed by atoms with Gasteiger partial charge < -0.3 is 14.3 Å². The molecule has 0 atom stereocenters. The molecule has 0 aliphatic carbocycles. The van der Waals surface area contributed by atoms with Gasteiger partial charge in [0.25, 0.3) is 5.56 Å². The molecule has 2 heterocycles. The van der Waals surface area contributed by atoms with Crippen LogP contribution in [0.25, 0.3) is 21.9 Å². The minimum atomic E-state index is -0.539. The van der Waals surface area contributed by atoms with Gasteiger partial charge in [-0.1, -0.05) is 12.1 Å². The van der Waals surface area contributed by atoms with Gasteiger partial charge in [0.2, 0.25) is 5.91 Å². The van der Waals surface area contributed by atoms with Crippen LogP contribution in [0.4, 0.5) is 5.69 Å². The first-order chi connectivity index (χ1) is 10.5. The van der Waals surface area contributed by atoms with E-state index in [2.05, 4.69) is 5.32 Å². The maximum Gasteiger partial charge on any atom is 0.345 e. The fourth-order valence-electron chi connectivity index (χ4n) is 2.60. The number of benzene rings is 1. The summed E-state index contributed by atoms with van der Waals surface area (Å²) in [6, 6.07) is 8.43. The number of rotatable bonds is 2. The fraction of sp³-hybridized carbons (Fsp3) is 0.188. The molecule has 3 rings (SSSR count). The molecule has 6 nitrogen and oxygen atoms in total. The van der Waals surface area contributed by atoms with Crippen LogP contribution in [-0.4, -0.2) is 10.5 Å². The summed E-state index contributed by atoms with van der Waals surface area (Å²) < 4.78 is 6.76. The topological polar surface area (TPSA) is 81.3 Å². The summed E-state index contributed by atoms with van der Waals surface area (Å²) in [5, 5.41) is 3.42. The van der Waals surface area contributed by atoms with Crippen molar-refractivity contribution in [2.45, 2.75) is 20.4 Å². The number of para-hydroxylation sites is 1. The zero-order chi connectivity index (χ0) is 15.9. The van der Waals surface area contributed by atoms with Gasteiger partial charge in [-0.2, -0.15) is 0 Å². The predicted octanol–water partition coefficient (Wildman–Crippen LogP) is 2.09. The lowest BCUT2D eigenvalue weighted by Crippen LogP contribution is -2.26. The summed E-state index contributed by atoms with van der Waals surface area (Å²) in [5.74, 6) is -0.371. The highest BCUT2D eigenvalue weighted by Crippen LogP contribution is 2.23. The second-order valence-electron chi connectivity index (χ2n) is 4.94. The molecule has 112 valence electrons. The first-order valence-corrected chi connectivity index (χ1v) is 6.90. The second kappa shape index (κ2) is 5.14. The smallest absolute Gasteiger partial charge is 0.345 e. The largest absolute Gasteiger partial charge is 0.422 e. The van der Waals surface area contributed by atoms with Crippen LogP contribution in [-0.2, 0) is 11.3 Å².